The summed E-state index contributed by atoms with van der Waals surface area (Å²) in [6.45, 7) is 3.20. The number of thioether (sulfide) groups is 1. The van der Waals surface area contributed by atoms with Gasteiger partial charge in [0.1, 0.15) is 5.75 Å². The van der Waals surface area contributed by atoms with Crippen molar-refractivity contribution in [3.05, 3.63) is 53.6 Å². The van der Waals surface area contributed by atoms with Crippen LogP contribution in [0.3, 0.4) is 0 Å². The Bertz CT molecular complexity index is 986. The summed E-state index contributed by atoms with van der Waals surface area (Å²) in [6.07, 6.45) is 3.85. The molecule has 0 spiro atoms. The van der Waals surface area contributed by atoms with Crippen LogP contribution in [-0.2, 0) is 10.0 Å². The number of hydrogen-bond acceptors (Lipinski definition) is 5. The zero-order valence-corrected chi connectivity index (χ0v) is 18.5. The molecule has 6 nitrogen and oxygen atoms in total. The number of benzene rings is 2. The molecule has 1 saturated heterocycles. The van der Waals surface area contributed by atoms with Gasteiger partial charge in [-0.05, 0) is 50.3 Å². The molecule has 8 heteroatoms. The first-order valence-electron chi connectivity index (χ1n) is 9.50. The Morgan fingerprint density at radius 2 is 1.86 bits per heavy atom. The number of nitrogens with zero attached hydrogens (tertiary/aromatic N) is 1. The van der Waals surface area contributed by atoms with Gasteiger partial charge in [0, 0.05) is 29.6 Å². The maximum absolute atomic E-state index is 13.0. The Kier molecular flexibility index (Phi) is 6.87. The average molecular weight is 435 g/mol. The van der Waals surface area contributed by atoms with Crippen LogP contribution in [0.5, 0.6) is 5.75 Å². The highest BCUT2D eigenvalue weighted by atomic mass is 32.2. The molecule has 0 aromatic heterocycles. The van der Waals surface area contributed by atoms with E-state index in [0.29, 0.717) is 24.4 Å². The smallest absolute Gasteiger partial charge is 0.255 e. The van der Waals surface area contributed by atoms with Crippen LogP contribution in [0.25, 0.3) is 0 Å². The lowest BCUT2D eigenvalue weighted by atomic mass is 10.1. The molecule has 3 rings (SSSR count). The third-order valence-electron chi connectivity index (χ3n) is 5.04. The molecule has 29 heavy (non-hydrogen) atoms. The second kappa shape index (κ2) is 9.19. The maximum Gasteiger partial charge on any atom is 0.255 e. The van der Waals surface area contributed by atoms with Gasteiger partial charge in [-0.15, -0.1) is 11.8 Å². The maximum atomic E-state index is 13.0. The minimum atomic E-state index is -3.82. The molecule has 156 valence electrons. The summed E-state index contributed by atoms with van der Waals surface area (Å²) in [5.41, 5.74) is 1.18. The van der Waals surface area contributed by atoms with Crippen LogP contribution in [0, 0.1) is 0 Å². The molecule has 1 aliphatic heterocycles. The number of carbonyl (C=O) groups is 1. The number of para-hydroxylation sites is 1. The second-order valence-corrected chi connectivity index (χ2v) is 9.51. The van der Waals surface area contributed by atoms with Gasteiger partial charge in [0.2, 0.25) is 10.0 Å². The van der Waals surface area contributed by atoms with E-state index in [4.69, 9.17) is 4.74 Å². The summed E-state index contributed by atoms with van der Waals surface area (Å²) >= 11 is 1.44. The number of ether oxygens (including phenoxy) is 1. The molecule has 0 saturated carbocycles. The fourth-order valence-electron chi connectivity index (χ4n) is 3.50. The molecule has 0 radical (unpaired) electrons. The largest absolute Gasteiger partial charge is 0.496 e. The van der Waals surface area contributed by atoms with E-state index in [1.165, 1.54) is 17.8 Å². The van der Waals surface area contributed by atoms with Crippen molar-refractivity contribution in [2.75, 3.05) is 26.5 Å². The molecule has 1 aliphatic rings. The van der Waals surface area contributed by atoms with E-state index < -0.39 is 16.1 Å². The molecule has 2 aromatic rings. The third-order valence-corrected chi connectivity index (χ3v) is 7.38. The molecule has 1 atom stereocenters. The standard InChI is InChI=1S/C21H26N2O4S2/c1-15(17-8-4-5-9-19(17)27-2)22-29(25,26)16-10-11-20(28-3)18(14-16)21(24)23-12-6-7-13-23/h4-5,8-11,14-15,22H,6-7,12-13H2,1-3H3/t15-/m1/s1. The van der Waals surface area contributed by atoms with Crippen molar-refractivity contribution in [2.45, 2.75) is 35.6 Å². The van der Waals surface area contributed by atoms with E-state index in [0.717, 1.165) is 23.3 Å². The molecule has 1 fully saturated rings. The fourth-order valence-corrected chi connectivity index (χ4v) is 5.32. The van der Waals surface area contributed by atoms with Gasteiger partial charge in [-0.2, -0.15) is 0 Å². The van der Waals surface area contributed by atoms with Crippen molar-refractivity contribution in [1.82, 2.24) is 9.62 Å². The van der Waals surface area contributed by atoms with E-state index in [1.54, 1.807) is 37.1 Å². The summed E-state index contributed by atoms with van der Waals surface area (Å²) in [5.74, 6) is 0.506. The summed E-state index contributed by atoms with van der Waals surface area (Å²) < 4.78 is 34.1. The topological polar surface area (TPSA) is 75.7 Å². The SMILES string of the molecule is COc1ccccc1[C@@H](C)NS(=O)(=O)c1ccc(SC)c(C(=O)N2CCCC2)c1. The first-order chi connectivity index (χ1) is 13.9. The number of nitrogens with one attached hydrogen (secondary N) is 1. The van der Waals surface area contributed by atoms with Gasteiger partial charge in [-0.25, -0.2) is 13.1 Å². The van der Waals surface area contributed by atoms with E-state index in [9.17, 15) is 13.2 Å². The Hall–Kier alpha value is -2.03. The molecule has 0 bridgehead atoms. The lowest BCUT2D eigenvalue weighted by molar-refractivity contribution is 0.0789. The number of amides is 1. The second-order valence-electron chi connectivity index (χ2n) is 6.95. The molecular formula is C21H26N2O4S2. The van der Waals surface area contributed by atoms with Crippen LogP contribution in [0.1, 0.15) is 41.7 Å². The first kappa shape index (κ1) is 21.7. The van der Waals surface area contributed by atoms with Gasteiger partial charge >= 0.3 is 0 Å². The first-order valence-corrected chi connectivity index (χ1v) is 12.2. The normalized spacial score (nSPS) is 15.3. The number of rotatable bonds is 7. The van der Waals surface area contributed by atoms with Gasteiger partial charge < -0.3 is 9.64 Å². The molecule has 0 aliphatic carbocycles. The third kappa shape index (κ3) is 4.76. The van der Waals surface area contributed by atoms with Crippen molar-refractivity contribution in [3.63, 3.8) is 0 Å². The Labute approximate surface area is 176 Å². The highest BCUT2D eigenvalue weighted by Gasteiger charge is 2.26. The average Bonchev–Trinajstić information content (AvgIpc) is 3.27. The van der Waals surface area contributed by atoms with Crippen molar-refractivity contribution < 1.29 is 17.9 Å². The summed E-state index contributed by atoms with van der Waals surface area (Å²) in [7, 11) is -2.27. The van der Waals surface area contributed by atoms with Gasteiger partial charge in [0.15, 0.2) is 0 Å². The molecular weight excluding hydrogens is 408 g/mol. The van der Waals surface area contributed by atoms with E-state index in [2.05, 4.69) is 4.72 Å². The fraction of sp³-hybridized carbons (Fsp3) is 0.381. The van der Waals surface area contributed by atoms with Crippen molar-refractivity contribution in [1.29, 1.82) is 0 Å². The number of carbonyl (C=O) groups excluding carboxylic acids is 1. The predicted molar refractivity (Wildman–Crippen MR) is 115 cm³/mol. The Morgan fingerprint density at radius 1 is 1.17 bits per heavy atom. The summed E-state index contributed by atoms with van der Waals surface area (Å²) in [6, 6.07) is 11.5. The molecule has 1 heterocycles. The molecule has 1 amide bonds. The zero-order valence-electron chi connectivity index (χ0n) is 16.8. The highest BCUT2D eigenvalue weighted by Crippen LogP contribution is 2.29. The lowest BCUT2D eigenvalue weighted by Crippen LogP contribution is -2.29. The minimum Gasteiger partial charge on any atom is -0.496 e. The molecule has 1 N–H and O–H groups in total. The molecule has 2 aromatic carbocycles. The lowest BCUT2D eigenvalue weighted by Gasteiger charge is -2.19. The molecule has 0 unspecified atom stereocenters. The van der Waals surface area contributed by atoms with Crippen LogP contribution >= 0.6 is 11.8 Å². The summed E-state index contributed by atoms with van der Waals surface area (Å²) in [4.78, 5) is 15.6. The summed E-state index contributed by atoms with van der Waals surface area (Å²) in [5, 5.41) is 0. The van der Waals surface area contributed by atoms with Gasteiger partial charge in [0.25, 0.3) is 5.91 Å². The van der Waals surface area contributed by atoms with Crippen LogP contribution < -0.4 is 9.46 Å². The van der Waals surface area contributed by atoms with Crippen molar-refractivity contribution >= 4 is 27.7 Å². The van der Waals surface area contributed by atoms with Gasteiger partial charge in [0.05, 0.1) is 17.6 Å². The van der Waals surface area contributed by atoms with Crippen molar-refractivity contribution in [2.24, 2.45) is 0 Å². The monoisotopic (exact) mass is 434 g/mol. The van der Waals surface area contributed by atoms with E-state index in [1.807, 2.05) is 24.5 Å². The zero-order chi connectivity index (χ0) is 21.0. The van der Waals surface area contributed by atoms with Crippen LogP contribution in [0.15, 0.2) is 52.3 Å². The van der Waals surface area contributed by atoms with Gasteiger partial charge in [-0.3, -0.25) is 4.79 Å². The number of sulfonamides is 1. The van der Waals surface area contributed by atoms with Crippen LogP contribution in [-0.4, -0.2) is 45.7 Å². The van der Waals surface area contributed by atoms with Crippen LogP contribution in [0.4, 0.5) is 0 Å². The predicted octanol–water partition coefficient (Wildman–Crippen LogP) is 3.69. The van der Waals surface area contributed by atoms with Crippen molar-refractivity contribution in [3.8, 4) is 5.75 Å². The van der Waals surface area contributed by atoms with Crippen LogP contribution in [0.2, 0.25) is 0 Å². The van der Waals surface area contributed by atoms with E-state index >= 15 is 0 Å². The minimum absolute atomic E-state index is 0.0830. The Morgan fingerprint density at radius 3 is 2.52 bits per heavy atom. The Balaban J connectivity index is 1.90. The number of hydrogen-bond donors (Lipinski definition) is 1. The quantitative estimate of drug-likeness (QED) is 0.673. The van der Waals surface area contributed by atoms with Gasteiger partial charge in [-0.1, -0.05) is 18.2 Å². The number of methoxy groups -OCH3 is 1. The number of likely N-dealkylation sites (tertiary alicyclic amines) is 1. The highest BCUT2D eigenvalue weighted by molar-refractivity contribution is 7.98. The van der Waals surface area contributed by atoms with E-state index in [-0.39, 0.29) is 10.8 Å².